The molecule has 1 aliphatic rings. The van der Waals surface area contributed by atoms with E-state index in [1.54, 1.807) is 19.1 Å². The summed E-state index contributed by atoms with van der Waals surface area (Å²) in [5, 5.41) is 9.89. The maximum atomic E-state index is 12.0. The average molecular weight is 340 g/mol. The summed E-state index contributed by atoms with van der Waals surface area (Å²) >= 11 is 3.33. The molecule has 1 amide bonds. The Balaban J connectivity index is 2.46. The molecule has 106 valence electrons. The monoisotopic (exact) mass is 339 g/mol. The fourth-order valence-corrected chi connectivity index (χ4v) is 2.44. The van der Waals surface area contributed by atoms with Crippen molar-refractivity contribution >= 4 is 27.8 Å². The lowest BCUT2D eigenvalue weighted by Gasteiger charge is -2.22. The van der Waals surface area contributed by atoms with Gasteiger partial charge in [-0.1, -0.05) is 28.1 Å². The number of aliphatic hydroxyl groups excluding tert-OH is 1. The Bertz CT molecular complexity index is 579. The van der Waals surface area contributed by atoms with Crippen LogP contribution in [-0.2, 0) is 14.3 Å². The summed E-state index contributed by atoms with van der Waals surface area (Å²) in [7, 11) is 1.54. The molecular weight excluding hydrogens is 326 g/mol. The lowest BCUT2D eigenvalue weighted by molar-refractivity contribution is -0.139. The van der Waals surface area contributed by atoms with Crippen molar-refractivity contribution in [2.75, 3.05) is 13.7 Å². The predicted octanol–water partition coefficient (Wildman–Crippen LogP) is 2.34. The first-order valence-electron chi connectivity index (χ1n) is 6.10. The highest BCUT2D eigenvalue weighted by Crippen LogP contribution is 2.36. The SMILES string of the molecule is CCOC(=O)C1=C(O)C(=O)N(C)[C@H]1c1ccc(Br)cc1. The van der Waals surface area contributed by atoms with Crippen molar-refractivity contribution in [2.24, 2.45) is 0 Å². The van der Waals surface area contributed by atoms with Gasteiger partial charge in [0.2, 0.25) is 0 Å². The lowest BCUT2D eigenvalue weighted by atomic mass is 10.00. The molecule has 0 saturated heterocycles. The number of esters is 1. The molecular formula is C14H14BrNO4. The summed E-state index contributed by atoms with van der Waals surface area (Å²) in [5.41, 5.74) is 0.720. The van der Waals surface area contributed by atoms with Gasteiger partial charge in [-0.2, -0.15) is 0 Å². The van der Waals surface area contributed by atoms with Crippen LogP contribution >= 0.6 is 15.9 Å². The highest BCUT2D eigenvalue weighted by atomic mass is 79.9. The van der Waals surface area contributed by atoms with Gasteiger partial charge in [0.15, 0.2) is 5.76 Å². The summed E-state index contributed by atoms with van der Waals surface area (Å²) in [6, 6.07) is 6.57. The molecule has 5 nitrogen and oxygen atoms in total. The highest BCUT2D eigenvalue weighted by molar-refractivity contribution is 9.10. The highest BCUT2D eigenvalue weighted by Gasteiger charge is 2.42. The second-order valence-electron chi connectivity index (χ2n) is 4.35. The van der Waals surface area contributed by atoms with E-state index >= 15 is 0 Å². The number of benzene rings is 1. The van der Waals surface area contributed by atoms with Crippen molar-refractivity contribution in [3.63, 3.8) is 0 Å². The third-order valence-electron chi connectivity index (χ3n) is 3.12. The molecule has 2 rings (SSSR count). The Kier molecular flexibility index (Phi) is 4.13. The molecule has 0 spiro atoms. The molecule has 0 saturated carbocycles. The molecule has 0 unspecified atom stereocenters. The Morgan fingerprint density at radius 1 is 1.40 bits per heavy atom. The van der Waals surface area contributed by atoms with Crippen LogP contribution in [0.25, 0.3) is 0 Å². The van der Waals surface area contributed by atoms with Crippen LogP contribution in [0.4, 0.5) is 0 Å². The van der Waals surface area contributed by atoms with Gasteiger partial charge in [-0.25, -0.2) is 4.79 Å². The van der Waals surface area contributed by atoms with Crippen molar-refractivity contribution < 1.29 is 19.4 Å². The molecule has 1 aromatic rings. The number of aliphatic hydroxyl groups is 1. The number of hydrogen-bond donors (Lipinski definition) is 1. The maximum Gasteiger partial charge on any atom is 0.340 e. The Morgan fingerprint density at radius 2 is 2.00 bits per heavy atom. The van der Waals surface area contributed by atoms with E-state index in [1.807, 2.05) is 12.1 Å². The number of amides is 1. The maximum absolute atomic E-state index is 12.0. The molecule has 1 heterocycles. The Morgan fingerprint density at radius 3 is 2.55 bits per heavy atom. The predicted molar refractivity (Wildman–Crippen MR) is 75.9 cm³/mol. The van der Waals surface area contributed by atoms with E-state index in [4.69, 9.17) is 4.74 Å². The zero-order chi connectivity index (χ0) is 14.9. The lowest BCUT2D eigenvalue weighted by Crippen LogP contribution is -2.27. The smallest absolute Gasteiger partial charge is 0.340 e. The van der Waals surface area contributed by atoms with Crippen LogP contribution in [0.5, 0.6) is 0 Å². The largest absolute Gasteiger partial charge is 0.503 e. The minimum atomic E-state index is -0.671. The van der Waals surface area contributed by atoms with E-state index in [1.165, 1.54) is 11.9 Å². The number of halogens is 1. The van der Waals surface area contributed by atoms with Crippen LogP contribution in [0.3, 0.4) is 0 Å². The van der Waals surface area contributed by atoms with E-state index in [2.05, 4.69) is 15.9 Å². The van der Waals surface area contributed by atoms with Crippen LogP contribution < -0.4 is 0 Å². The standard InChI is InChI=1S/C14H14BrNO4/c1-3-20-14(19)10-11(16(2)13(18)12(10)17)8-4-6-9(15)7-5-8/h4-7,11,17H,3H2,1-2H3/t11-/m0/s1. The van der Waals surface area contributed by atoms with Gasteiger partial charge >= 0.3 is 5.97 Å². The topological polar surface area (TPSA) is 66.8 Å². The molecule has 1 atom stereocenters. The van der Waals surface area contributed by atoms with Gasteiger partial charge in [0, 0.05) is 11.5 Å². The fourth-order valence-electron chi connectivity index (χ4n) is 2.18. The molecule has 1 aliphatic heterocycles. The molecule has 20 heavy (non-hydrogen) atoms. The second kappa shape index (κ2) is 5.66. The van der Waals surface area contributed by atoms with Gasteiger partial charge in [0.25, 0.3) is 5.91 Å². The second-order valence-corrected chi connectivity index (χ2v) is 5.27. The third kappa shape index (κ3) is 2.43. The first kappa shape index (κ1) is 14.6. The van der Waals surface area contributed by atoms with Crippen molar-refractivity contribution in [2.45, 2.75) is 13.0 Å². The number of nitrogens with zero attached hydrogens (tertiary/aromatic N) is 1. The molecule has 0 aliphatic carbocycles. The molecule has 0 fully saturated rings. The summed E-state index contributed by atoms with van der Waals surface area (Å²) in [4.78, 5) is 25.2. The van der Waals surface area contributed by atoms with E-state index in [0.717, 1.165) is 10.0 Å². The van der Waals surface area contributed by atoms with E-state index < -0.39 is 23.7 Å². The van der Waals surface area contributed by atoms with Crippen molar-refractivity contribution in [3.8, 4) is 0 Å². The zero-order valence-electron chi connectivity index (χ0n) is 11.1. The van der Waals surface area contributed by atoms with Crippen LogP contribution in [0, 0.1) is 0 Å². The number of likely N-dealkylation sites (N-methyl/N-ethyl adjacent to an activating group) is 1. The first-order valence-corrected chi connectivity index (χ1v) is 6.89. The summed E-state index contributed by atoms with van der Waals surface area (Å²) in [6.07, 6.45) is 0. The average Bonchev–Trinajstić information content (AvgIpc) is 2.64. The number of rotatable bonds is 3. The first-order chi connectivity index (χ1) is 9.47. The van der Waals surface area contributed by atoms with Crippen LogP contribution in [-0.4, -0.2) is 35.5 Å². The van der Waals surface area contributed by atoms with E-state index in [9.17, 15) is 14.7 Å². The molecule has 1 aromatic carbocycles. The Labute approximate surface area is 125 Å². The summed E-state index contributed by atoms with van der Waals surface area (Å²) in [5.74, 6) is -1.80. The van der Waals surface area contributed by atoms with Gasteiger partial charge < -0.3 is 14.7 Å². The minimum absolute atomic E-state index is 0.0123. The summed E-state index contributed by atoms with van der Waals surface area (Å²) < 4.78 is 5.81. The minimum Gasteiger partial charge on any atom is -0.503 e. The van der Waals surface area contributed by atoms with E-state index in [0.29, 0.717) is 0 Å². The zero-order valence-corrected chi connectivity index (χ0v) is 12.7. The number of ether oxygens (including phenoxy) is 1. The number of carbonyl (C=O) groups is 2. The molecule has 6 heteroatoms. The normalized spacial score (nSPS) is 18.6. The van der Waals surface area contributed by atoms with Gasteiger partial charge in [-0.15, -0.1) is 0 Å². The van der Waals surface area contributed by atoms with Crippen molar-refractivity contribution in [1.82, 2.24) is 4.90 Å². The fraction of sp³-hybridized carbons (Fsp3) is 0.286. The van der Waals surface area contributed by atoms with Crippen molar-refractivity contribution in [3.05, 3.63) is 45.6 Å². The van der Waals surface area contributed by atoms with Crippen molar-refractivity contribution in [1.29, 1.82) is 0 Å². The van der Waals surface area contributed by atoms with E-state index in [-0.39, 0.29) is 12.2 Å². The molecule has 0 radical (unpaired) electrons. The molecule has 0 aromatic heterocycles. The van der Waals surface area contributed by atoms with Gasteiger partial charge in [-0.3, -0.25) is 4.79 Å². The number of carbonyl (C=O) groups excluding carboxylic acids is 2. The molecule has 0 bridgehead atoms. The molecule has 1 N–H and O–H groups in total. The third-order valence-corrected chi connectivity index (χ3v) is 3.65. The quantitative estimate of drug-likeness (QED) is 0.858. The van der Waals surface area contributed by atoms with Crippen LogP contribution in [0.15, 0.2) is 40.1 Å². The van der Waals surface area contributed by atoms with Crippen LogP contribution in [0.1, 0.15) is 18.5 Å². The van der Waals surface area contributed by atoms with Gasteiger partial charge in [0.05, 0.1) is 12.6 Å². The summed E-state index contributed by atoms with van der Waals surface area (Å²) in [6.45, 7) is 1.85. The van der Waals surface area contributed by atoms with Crippen LogP contribution in [0.2, 0.25) is 0 Å². The van der Waals surface area contributed by atoms with Gasteiger partial charge in [0.1, 0.15) is 5.57 Å². The van der Waals surface area contributed by atoms with Gasteiger partial charge in [-0.05, 0) is 24.6 Å². The number of hydrogen-bond acceptors (Lipinski definition) is 4. The Hall–Kier alpha value is -1.82.